The third-order valence-corrected chi connectivity index (χ3v) is 2.63. The fourth-order valence-electron chi connectivity index (χ4n) is 1.49. The SMILES string of the molecule is CS(=O)OC1=CC=C(c2cnc[nH]2)CC1. The van der Waals surface area contributed by atoms with Crippen LogP contribution in [-0.2, 0) is 15.3 Å². The molecule has 1 N–H and O–H groups in total. The summed E-state index contributed by atoms with van der Waals surface area (Å²) in [5.74, 6) is 0.777. The molecule has 80 valence electrons. The van der Waals surface area contributed by atoms with Gasteiger partial charge in [0.1, 0.15) is 5.76 Å². The minimum Gasteiger partial charge on any atom is -0.405 e. The monoisotopic (exact) mass is 224 g/mol. The Morgan fingerprint density at radius 2 is 2.33 bits per heavy atom. The van der Waals surface area contributed by atoms with Gasteiger partial charge in [0.25, 0.3) is 0 Å². The van der Waals surface area contributed by atoms with Gasteiger partial charge in [-0.15, -0.1) is 0 Å². The van der Waals surface area contributed by atoms with Crippen molar-refractivity contribution in [2.45, 2.75) is 12.8 Å². The molecule has 1 aromatic heterocycles. The average molecular weight is 224 g/mol. The fraction of sp³-hybridized carbons (Fsp3) is 0.300. The van der Waals surface area contributed by atoms with E-state index in [2.05, 4.69) is 9.97 Å². The van der Waals surface area contributed by atoms with Crippen molar-refractivity contribution in [1.29, 1.82) is 0 Å². The first-order chi connectivity index (χ1) is 7.25. The van der Waals surface area contributed by atoms with Crippen LogP contribution in [0.1, 0.15) is 18.5 Å². The lowest BCUT2D eigenvalue weighted by Crippen LogP contribution is -1.99. The summed E-state index contributed by atoms with van der Waals surface area (Å²) in [6.07, 6.45) is 10.5. The number of aromatic nitrogens is 2. The lowest BCUT2D eigenvalue weighted by atomic mass is 10.0. The van der Waals surface area contributed by atoms with Crippen molar-refractivity contribution < 1.29 is 8.39 Å². The molecule has 0 aromatic carbocycles. The van der Waals surface area contributed by atoms with Gasteiger partial charge in [-0.3, -0.25) is 0 Å². The number of allylic oxidation sites excluding steroid dienone is 4. The maximum absolute atomic E-state index is 10.8. The number of imidazole rings is 1. The second-order valence-corrected chi connectivity index (χ2v) is 4.24. The van der Waals surface area contributed by atoms with Gasteiger partial charge in [-0.05, 0) is 18.1 Å². The fourth-order valence-corrected chi connectivity index (χ4v) is 1.93. The van der Waals surface area contributed by atoms with E-state index < -0.39 is 11.1 Å². The van der Waals surface area contributed by atoms with Crippen LogP contribution >= 0.6 is 0 Å². The standard InChI is InChI=1S/C10H12N2O2S/c1-15(13)14-9-4-2-8(3-5-9)10-6-11-7-12-10/h2,4,6-7H,3,5H2,1H3,(H,11,12). The first kappa shape index (κ1) is 10.2. The molecule has 0 bridgehead atoms. The average Bonchev–Trinajstić information content (AvgIpc) is 2.71. The van der Waals surface area contributed by atoms with Crippen LogP contribution in [0.2, 0.25) is 0 Å². The molecule has 0 spiro atoms. The van der Waals surface area contributed by atoms with Crippen molar-refractivity contribution in [2.24, 2.45) is 0 Å². The summed E-state index contributed by atoms with van der Waals surface area (Å²) in [7, 11) is 0. The minimum atomic E-state index is -1.23. The number of hydrogen-bond acceptors (Lipinski definition) is 3. The van der Waals surface area contributed by atoms with E-state index in [9.17, 15) is 4.21 Å². The highest BCUT2D eigenvalue weighted by molar-refractivity contribution is 7.79. The van der Waals surface area contributed by atoms with Gasteiger partial charge in [-0.1, -0.05) is 6.08 Å². The highest BCUT2D eigenvalue weighted by Crippen LogP contribution is 2.25. The Kier molecular flexibility index (Phi) is 3.01. The molecule has 0 fully saturated rings. The first-order valence-corrected chi connectivity index (χ1v) is 6.14. The van der Waals surface area contributed by atoms with E-state index in [1.54, 1.807) is 12.5 Å². The molecule has 1 aromatic rings. The zero-order chi connectivity index (χ0) is 10.7. The van der Waals surface area contributed by atoms with Crippen LogP contribution in [0.4, 0.5) is 0 Å². The summed E-state index contributed by atoms with van der Waals surface area (Å²) in [5.41, 5.74) is 2.23. The first-order valence-electron chi connectivity index (χ1n) is 4.66. The molecular formula is C10H12N2O2S. The summed E-state index contributed by atoms with van der Waals surface area (Å²) in [5, 5.41) is 0. The molecule has 5 heteroatoms. The Hall–Kier alpha value is -1.36. The largest absolute Gasteiger partial charge is 0.405 e. The zero-order valence-corrected chi connectivity index (χ0v) is 9.21. The van der Waals surface area contributed by atoms with E-state index in [-0.39, 0.29) is 0 Å². The number of nitrogens with one attached hydrogen (secondary N) is 1. The summed E-state index contributed by atoms with van der Waals surface area (Å²) >= 11 is -1.23. The predicted molar refractivity (Wildman–Crippen MR) is 59.0 cm³/mol. The summed E-state index contributed by atoms with van der Waals surface area (Å²) in [4.78, 5) is 7.02. The summed E-state index contributed by atoms with van der Waals surface area (Å²) < 4.78 is 16.0. The van der Waals surface area contributed by atoms with Crippen LogP contribution in [0.15, 0.2) is 30.4 Å². The van der Waals surface area contributed by atoms with Crippen LogP contribution in [-0.4, -0.2) is 20.4 Å². The van der Waals surface area contributed by atoms with Crippen molar-refractivity contribution in [3.63, 3.8) is 0 Å². The number of rotatable bonds is 3. The van der Waals surface area contributed by atoms with Gasteiger partial charge < -0.3 is 9.17 Å². The predicted octanol–water partition coefficient (Wildman–Crippen LogP) is 1.78. The lowest BCUT2D eigenvalue weighted by molar-refractivity contribution is 0.436. The summed E-state index contributed by atoms with van der Waals surface area (Å²) in [6, 6.07) is 0. The topological polar surface area (TPSA) is 55.0 Å². The quantitative estimate of drug-likeness (QED) is 0.851. The molecule has 15 heavy (non-hydrogen) atoms. The second-order valence-electron chi connectivity index (χ2n) is 3.27. The molecular weight excluding hydrogens is 212 g/mol. The molecule has 1 atom stereocenters. The Morgan fingerprint density at radius 1 is 1.47 bits per heavy atom. The summed E-state index contributed by atoms with van der Waals surface area (Å²) in [6.45, 7) is 0. The lowest BCUT2D eigenvalue weighted by Gasteiger charge is -2.12. The molecule has 0 radical (unpaired) electrons. The molecule has 0 amide bonds. The van der Waals surface area contributed by atoms with Crippen molar-refractivity contribution in [2.75, 3.05) is 6.26 Å². The van der Waals surface area contributed by atoms with Gasteiger partial charge in [-0.2, -0.15) is 0 Å². The molecule has 1 heterocycles. The van der Waals surface area contributed by atoms with Gasteiger partial charge in [0.05, 0.1) is 18.2 Å². The Balaban J connectivity index is 2.11. The Bertz CT molecular complexity index is 421. The molecule has 1 aliphatic carbocycles. The maximum atomic E-state index is 10.8. The minimum absolute atomic E-state index is 0.777. The zero-order valence-electron chi connectivity index (χ0n) is 8.40. The molecule has 0 aliphatic heterocycles. The number of H-pyrrole nitrogens is 1. The van der Waals surface area contributed by atoms with E-state index in [4.69, 9.17) is 4.18 Å². The van der Waals surface area contributed by atoms with Gasteiger partial charge in [0.2, 0.25) is 11.1 Å². The van der Waals surface area contributed by atoms with Gasteiger partial charge in [-0.25, -0.2) is 9.19 Å². The molecule has 0 saturated carbocycles. The third-order valence-electron chi connectivity index (χ3n) is 2.18. The Morgan fingerprint density at radius 3 is 2.87 bits per heavy atom. The normalized spacial score (nSPS) is 17.9. The van der Waals surface area contributed by atoms with Crippen LogP contribution in [0.25, 0.3) is 5.57 Å². The molecule has 4 nitrogen and oxygen atoms in total. The van der Waals surface area contributed by atoms with Crippen LogP contribution < -0.4 is 0 Å². The van der Waals surface area contributed by atoms with E-state index in [1.165, 1.54) is 11.8 Å². The van der Waals surface area contributed by atoms with E-state index in [0.29, 0.717) is 0 Å². The van der Waals surface area contributed by atoms with E-state index >= 15 is 0 Å². The van der Waals surface area contributed by atoms with Crippen LogP contribution in [0.5, 0.6) is 0 Å². The van der Waals surface area contributed by atoms with Crippen molar-refractivity contribution in [1.82, 2.24) is 9.97 Å². The smallest absolute Gasteiger partial charge is 0.202 e. The second kappa shape index (κ2) is 4.44. The van der Waals surface area contributed by atoms with Crippen LogP contribution in [0.3, 0.4) is 0 Å². The number of hydrogen-bond donors (Lipinski definition) is 1. The highest BCUT2D eigenvalue weighted by atomic mass is 32.2. The van der Waals surface area contributed by atoms with Crippen LogP contribution in [0, 0.1) is 0 Å². The van der Waals surface area contributed by atoms with Gasteiger partial charge >= 0.3 is 0 Å². The Labute approximate surface area is 90.7 Å². The molecule has 2 rings (SSSR count). The van der Waals surface area contributed by atoms with Gasteiger partial charge in [0.15, 0.2) is 0 Å². The number of aromatic amines is 1. The van der Waals surface area contributed by atoms with Crippen molar-refractivity contribution >= 4 is 16.7 Å². The van der Waals surface area contributed by atoms with E-state index in [0.717, 1.165) is 24.3 Å². The number of nitrogens with zero attached hydrogens (tertiary/aromatic N) is 1. The molecule has 0 saturated heterocycles. The van der Waals surface area contributed by atoms with Crippen molar-refractivity contribution in [3.05, 3.63) is 36.1 Å². The highest BCUT2D eigenvalue weighted by Gasteiger charge is 2.10. The molecule has 1 unspecified atom stereocenters. The maximum Gasteiger partial charge on any atom is 0.202 e. The third kappa shape index (κ3) is 2.56. The van der Waals surface area contributed by atoms with Crippen molar-refractivity contribution in [3.8, 4) is 0 Å². The van der Waals surface area contributed by atoms with E-state index in [1.807, 2.05) is 12.2 Å². The molecule has 1 aliphatic rings. The van der Waals surface area contributed by atoms with Gasteiger partial charge in [0, 0.05) is 12.7 Å².